The summed E-state index contributed by atoms with van der Waals surface area (Å²) in [6.07, 6.45) is 3.10. The highest BCUT2D eigenvalue weighted by atomic mass is 16.4. The number of aryl methyl sites for hydroxylation is 2. The second-order valence-corrected chi connectivity index (χ2v) is 6.67. The Labute approximate surface area is 141 Å². The number of benzene rings is 1. The molecule has 1 aromatic heterocycles. The molecule has 1 aliphatic rings. The Kier molecular flexibility index (Phi) is 4.45. The number of unbranched alkanes of at least 4 members (excludes halogenated alkanes) is 1. The summed E-state index contributed by atoms with van der Waals surface area (Å²) >= 11 is 0. The lowest BCUT2D eigenvalue weighted by Gasteiger charge is -2.27. The SMILES string of the molecule is CCCCN1CCc2c(n(C(=O)C(=O)O)c3c(C)ccc(C)c23)C1. The second-order valence-electron chi connectivity index (χ2n) is 6.67. The average molecular weight is 328 g/mol. The number of nitrogens with zero attached hydrogens (tertiary/aromatic N) is 2. The molecule has 3 rings (SSSR count). The molecular formula is C19H24N2O3. The van der Waals surface area contributed by atoms with Crippen LogP contribution in [0.1, 0.15) is 46.9 Å². The molecule has 1 N–H and O–H groups in total. The predicted octanol–water partition coefficient (Wildman–Crippen LogP) is 3.14. The Morgan fingerprint density at radius 2 is 1.92 bits per heavy atom. The zero-order chi connectivity index (χ0) is 17.4. The van der Waals surface area contributed by atoms with E-state index < -0.39 is 11.9 Å². The van der Waals surface area contributed by atoms with Crippen molar-refractivity contribution in [2.45, 2.75) is 46.6 Å². The fourth-order valence-corrected chi connectivity index (χ4v) is 3.77. The zero-order valence-corrected chi connectivity index (χ0v) is 14.6. The van der Waals surface area contributed by atoms with Crippen molar-refractivity contribution in [2.24, 2.45) is 0 Å². The first-order valence-corrected chi connectivity index (χ1v) is 8.58. The standard InChI is InChI=1S/C19H24N2O3/c1-4-5-9-20-10-8-14-15(11-20)21(18(22)19(23)24)17-13(3)7-6-12(2)16(14)17/h6-7H,4-5,8-11H2,1-3H3,(H,23,24). The first-order valence-electron chi connectivity index (χ1n) is 8.58. The van der Waals surface area contributed by atoms with E-state index in [2.05, 4.69) is 17.9 Å². The van der Waals surface area contributed by atoms with Crippen LogP contribution in [0.25, 0.3) is 10.9 Å². The lowest BCUT2D eigenvalue weighted by Crippen LogP contribution is -2.34. The van der Waals surface area contributed by atoms with E-state index in [1.165, 1.54) is 4.57 Å². The van der Waals surface area contributed by atoms with Crippen molar-refractivity contribution in [1.82, 2.24) is 9.47 Å². The average Bonchev–Trinajstić information content (AvgIpc) is 2.91. The summed E-state index contributed by atoms with van der Waals surface area (Å²) in [7, 11) is 0. The van der Waals surface area contributed by atoms with Crippen molar-refractivity contribution in [3.8, 4) is 0 Å². The summed E-state index contributed by atoms with van der Waals surface area (Å²) in [5, 5.41) is 10.4. The summed E-state index contributed by atoms with van der Waals surface area (Å²) in [6, 6.07) is 4.01. The summed E-state index contributed by atoms with van der Waals surface area (Å²) < 4.78 is 1.45. The molecule has 24 heavy (non-hydrogen) atoms. The smallest absolute Gasteiger partial charge is 0.395 e. The van der Waals surface area contributed by atoms with E-state index in [-0.39, 0.29) is 0 Å². The number of aliphatic carboxylic acids is 1. The highest BCUT2D eigenvalue weighted by molar-refractivity contribution is 6.34. The van der Waals surface area contributed by atoms with Gasteiger partial charge in [-0.2, -0.15) is 0 Å². The zero-order valence-electron chi connectivity index (χ0n) is 14.6. The third-order valence-electron chi connectivity index (χ3n) is 5.00. The summed E-state index contributed by atoms with van der Waals surface area (Å²) in [6.45, 7) is 8.71. The quantitative estimate of drug-likeness (QED) is 0.879. The number of rotatable bonds is 3. The number of aromatic nitrogens is 1. The fraction of sp³-hybridized carbons (Fsp3) is 0.474. The van der Waals surface area contributed by atoms with Gasteiger partial charge in [0, 0.05) is 24.2 Å². The van der Waals surface area contributed by atoms with Crippen LogP contribution >= 0.6 is 0 Å². The lowest BCUT2D eigenvalue weighted by molar-refractivity contribution is -0.132. The van der Waals surface area contributed by atoms with E-state index in [9.17, 15) is 14.7 Å². The largest absolute Gasteiger partial charge is 0.474 e. The van der Waals surface area contributed by atoms with Gasteiger partial charge in [0.1, 0.15) is 0 Å². The highest BCUT2D eigenvalue weighted by Gasteiger charge is 2.30. The number of hydrogen-bond acceptors (Lipinski definition) is 3. The predicted molar refractivity (Wildman–Crippen MR) is 93.6 cm³/mol. The van der Waals surface area contributed by atoms with Gasteiger partial charge in [-0.05, 0) is 49.9 Å². The summed E-state index contributed by atoms with van der Waals surface area (Å²) in [5.41, 5.74) is 4.82. The summed E-state index contributed by atoms with van der Waals surface area (Å²) in [4.78, 5) is 26.1. The van der Waals surface area contributed by atoms with Crippen LogP contribution in [0.2, 0.25) is 0 Å². The fourth-order valence-electron chi connectivity index (χ4n) is 3.77. The number of hydrogen-bond donors (Lipinski definition) is 1. The van der Waals surface area contributed by atoms with Crippen molar-refractivity contribution >= 4 is 22.8 Å². The van der Waals surface area contributed by atoms with Crippen LogP contribution in [0.3, 0.4) is 0 Å². The number of carbonyl (C=O) groups is 2. The summed E-state index contributed by atoms with van der Waals surface area (Å²) in [5.74, 6) is -2.26. The van der Waals surface area contributed by atoms with Gasteiger partial charge in [0.15, 0.2) is 0 Å². The van der Waals surface area contributed by atoms with E-state index in [1.807, 2.05) is 19.9 Å². The van der Waals surface area contributed by atoms with E-state index >= 15 is 0 Å². The normalized spacial score (nSPS) is 14.8. The topological polar surface area (TPSA) is 62.5 Å². The third kappa shape index (κ3) is 2.63. The van der Waals surface area contributed by atoms with Crippen molar-refractivity contribution in [3.63, 3.8) is 0 Å². The van der Waals surface area contributed by atoms with E-state index in [0.29, 0.717) is 6.54 Å². The number of carboxylic acid groups (broad SMARTS) is 1. The molecule has 0 amide bonds. The molecule has 2 aromatic rings. The first-order chi connectivity index (χ1) is 11.5. The Bertz CT molecular complexity index is 820. The molecule has 0 spiro atoms. The van der Waals surface area contributed by atoms with Gasteiger partial charge in [-0.1, -0.05) is 25.5 Å². The minimum atomic E-state index is -1.40. The number of fused-ring (bicyclic) bond motifs is 3. The molecule has 0 atom stereocenters. The molecule has 1 aliphatic heterocycles. The van der Waals surface area contributed by atoms with Crippen LogP contribution < -0.4 is 0 Å². The molecule has 0 fully saturated rings. The molecule has 2 heterocycles. The van der Waals surface area contributed by atoms with Gasteiger partial charge >= 0.3 is 11.9 Å². The maximum Gasteiger partial charge on any atom is 0.395 e. The van der Waals surface area contributed by atoms with Gasteiger partial charge in [-0.15, -0.1) is 0 Å². The molecule has 128 valence electrons. The minimum Gasteiger partial charge on any atom is -0.474 e. The van der Waals surface area contributed by atoms with Crippen molar-refractivity contribution in [3.05, 3.63) is 34.5 Å². The molecule has 0 radical (unpaired) electrons. The van der Waals surface area contributed by atoms with Crippen LogP contribution in [-0.4, -0.2) is 39.5 Å². The monoisotopic (exact) mass is 328 g/mol. The van der Waals surface area contributed by atoms with Crippen LogP contribution in [0.5, 0.6) is 0 Å². The lowest BCUT2D eigenvalue weighted by atomic mass is 9.98. The number of carboxylic acids is 1. The Morgan fingerprint density at radius 1 is 1.21 bits per heavy atom. The van der Waals surface area contributed by atoms with Gasteiger partial charge in [0.2, 0.25) is 0 Å². The minimum absolute atomic E-state index is 0.641. The molecule has 0 saturated carbocycles. The van der Waals surface area contributed by atoms with Crippen LogP contribution in [0.4, 0.5) is 0 Å². The Morgan fingerprint density at radius 3 is 2.58 bits per heavy atom. The van der Waals surface area contributed by atoms with Gasteiger partial charge in [-0.25, -0.2) is 4.79 Å². The molecular weight excluding hydrogens is 304 g/mol. The first kappa shape index (κ1) is 16.7. The molecule has 0 saturated heterocycles. The highest BCUT2D eigenvalue weighted by Crippen LogP contribution is 2.34. The Hall–Kier alpha value is -2.14. The van der Waals surface area contributed by atoms with Crippen LogP contribution in [0, 0.1) is 13.8 Å². The van der Waals surface area contributed by atoms with Crippen LogP contribution in [-0.2, 0) is 17.8 Å². The maximum absolute atomic E-state index is 12.4. The van der Waals surface area contributed by atoms with Crippen molar-refractivity contribution < 1.29 is 14.7 Å². The molecule has 0 bridgehead atoms. The van der Waals surface area contributed by atoms with Crippen molar-refractivity contribution in [1.29, 1.82) is 0 Å². The van der Waals surface area contributed by atoms with Gasteiger partial charge < -0.3 is 5.11 Å². The molecule has 0 aliphatic carbocycles. The second kappa shape index (κ2) is 6.40. The van der Waals surface area contributed by atoms with E-state index in [4.69, 9.17) is 0 Å². The van der Waals surface area contributed by atoms with E-state index in [0.717, 1.165) is 65.6 Å². The van der Waals surface area contributed by atoms with Gasteiger partial charge in [0.25, 0.3) is 0 Å². The van der Waals surface area contributed by atoms with Crippen LogP contribution in [0.15, 0.2) is 12.1 Å². The molecule has 5 heteroatoms. The third-order valence-corrected chi connectivity index (χ3v) is 5.00. The van der Waals surface area contributed by atoms with Crippen molar-refractivity contribution in [2.75, 3.05) is 13.1 Å². The maximum atomic E-state index is 12.4. The number of carbonyl (C=O) groups excluding carboxylic acids is 1. The molecule has 1 aromatic carbocycles. The van der Waals surface area contributed by atoms with Gasteiger partial charge in [0.05, 0.1) is 5.52 Å². The molecule has 5 nitrogen and oxygen atoms in total. The molecule has 0 unspecified atom stereocenters. The van der Waals surface area contributed by atoms with Gasteiger partial charge in [-0.3, -0.25) is 14.3 Å². The Balaban J connectivity index is 2.22. The van der Waals surface area contributed by atoms with E-state index in [1.54, 1.807) is 0 Å².